The van der Waals surface area contributed by atoms with Crippen molar-refractivity contribution in [2.24, 2.45) is 0 Å². The fourth-order valence-corrected chi connectivity index (χ4v) is 1.49. The van der Waals surface area contributed by atoms with E-state index in [1.54, 1.807) is 6.92 Å². The summed E-state index contributed by atoms with van der Waals surface area (Å²) in [4.78, 5) is 33.0. The van der Waals surface area contributed by atoms with Crippen molar-refractivity contribution < 1.29 is 19.6 Å². The highest BCUT2D eigenvalue weighted by atomic mass is 16.6. The van der Waals surface area contributed by atoms with Gasteiger partial charge in [0.1, 0.15) is 24.0 Å². The lowest BCUT2D eigenvalue weighted by atomic mass is 10.0. The summed E-state index contributed by atoms with van der Waals surface area (Å²) in [6.07, 6.45) is 2.39. The van der Waals surface area contributed by atoms with E-state index in [9.17, 15) is 19.7 Å². The number of carbonyl (C=O) groups is 2. The molecule has 0 aliphatic carbocycles. The maximum absolute atomic E-state index is 12.1. The molecule has 0 radical (unpaired) electrons. The molecule has 1 aromatic rings. The number of nitrogens with zero attached hydrogens (tertiary/aromatic N) is 3. The molecule has 2 N–H and O–H groups in total. The number of nitrogens with one attached hydrogen (secondary N) is 1. The second-order valence-corrected chi connectivity index (χ2v) is 4.73. The first-order chi connectivity index (χ1) is 9.20. The molecule has 20 heavy (non-hydrogen) atoms. The number of carbonyl (C=O) groups excluding carboxylic acids is 1. The quantitative estimate of drug-likeness (QED) is 0.578. The standard InChI is InChI=1S/C11H16N4O5/c1-4-8(9(16)17)13-10(18)11(2,3)14-6-7(5-12-14)15(19)20/h5-6,8H,4H2,1-3H3,(H,13,18)(H,16,17). The van der Waals surface area contributed by atoms with Gasteiger partial charge in [-0.3, -0.25) is 19.6 Å². The molecule has 1 heterocycles. The summed E-state index contributed by atoms with van der Waals surface area (Å²) in [6, 6.07) is -1.01. The molecule has 1 aromatic heterocycles. The highest BCUT2D eigenvalue weighted by molar-refractivity contribution is 5.88. The molecule has 0 aliphatic heterocycles. The smallest absolute Gasteiger partial charge is 0.326 e. The maximum atomic E-state index is 12.1. The molecule has 0 aliphatic rings. The Balaban J connectivity index is 2.93. The molecule has 0 fully saturated rings. The van der Waals surface area contributed by atoms with Crippen LogP contribution in [0.1, 0.15) is 27.2 Å². The van der Waals surface area contributed by atoms with Gasteiger partial charge in [0, 0.05) is 0 Å². The van der Waals surface area contributed by atoms with E-state index >= 15 is 0 Å². The molecule has 9 nitrogen and oxygen atoms in total. The van der Waals surface area contributed by atoms with Crippen molar-refractivity contribution in [1.29, 1.82) is 0 Å². The molecule has 9 heteroatoms. The van der Waals surface area contributed by atoms with Crippen LogP contribution < -0.4 is 5.32 Å². The molecule has 0 saturated carbocycles. The van der Waals surface area contributed by atoms with E-state index in [2.05, 4.69) is 10.4 Å². The van der Waals surface area contributed by atoms with Gasteiger partial charge in [-0.05, 0) is 20.3 Å². The number of rotatable bonds is 6. The molecule has 0 aromatic carbocycles. The predicted molar refractivity (Wildman–Crippen MR) is 68.1 cm³/mol. The van der Waals surface area contributed by atoms with E-state index in [1.807, 2.05) is 0 Å². The van der Waals surface area contributed by atoms with Crippen molar-refractivity contribution in [1.82, 2.24) is 15.1 Å². The van der Waals surface area contributed by atoms with Crippen molar-refractivity contribution in [3.05, 3.63) is 22.5 Å². The fourth-order valence-electron chi connectivity index (χ4n) is 1.49. The number of hydrogen-bond acceptors (Lipinski definition) is 5. The SMILES string of the molecule is CCC(NC(=O)C(C)(C)n1cc([N+](=O)[O-])cn1)C(=O)O. The van der Waals surface area contributed by atoms with Gasteiger partial charge in [0.25, 0.3) is 0 Å². The number of hydrogen-bond donors (Lipinski definition) is 2. The Kier molecular flexibility index (Phi) is 4.43. The zero-order chi connectivity index (χ0) is 15.5. The topological polar surface area (TPSA) is 127 Å². The van der Waals surface area contributed by atoms with Gasteiger partial charge in [-0.25, -0.2) is 4.79 Å². The Morgan fingerprint density at radius 1 is 1.60 bits per heavy atom. The van der Waals surface area contributed by atoms with Crippen LogP contribution in [0, 0.1) is 10.1 Å². The van der Waals surface area contributed by atoms with Crippen LogP contribution in [0.2, 0.25) is 0 Å². The van der Waals surface area contributed by atoms with E-state index in [0.29, 0.717) is 0 Å². The Bertz CT molecular complexity index is 537. The molecule has 0 spiro atoms. The summed E-state index contributed by atoms with van der Waals surface area (Å²) in [5, 5.41) is 25.7. The lowest BCUT2D eigenvalue weighted by Crippen LogP contribution is -2.50. The van der Waals surface area contributed by atoms with Crippen LogP contribution in [0.5, 0.6) is 0 Å². The van der Waals surface area contributed by atoms with Crippen LogP contribution in [-0.4, -0.2) is 37.7 Å². The van der Waals surface area contributed by atoms with Gasteiger partial charge in [0.05, 0.1) is 4.92 Å². The Morgan fingerprint density at radius 3 is 2.60 bits per heavy atom. The van der Waals surface area contributed by atoms with Gasteiger partial charge in [0.2, 0.25) is 5.91 Å². The third-order valence-corrected chi connectivity index (χ3v) is 2.92. The van der Waals surface area contributed by atoms with Crippen molar-refractivity contribution in [3.63, 3.8) is 0 Å². The second-order valence-electron chi connectivity index (χ2n) is 4.73. The van der Waals surface area contributed by atoms with E-state index < -0.39 is 28.4 Å². The van der Waals surface area contributed by atoms with Crippen LogP contribution >= 0.6 is 0 Å². The summed E-state index contributed by atoms with van der Waals surface area (Å²) in [7, 11) is 0. The Labute approximate surface area is 114 Å². The monoisotopic (exact) mass is 284 g/mol. The highest BCUT2D eigenvalue weighted by Crippen LogP contribution is 2.18. The first-order valence-electron chi connectivity index (χ1n) is 5.93. The largest absolute Gasteiger partial charge is 0.480 e. The second kappa shape index (κ2) is 5.68. The van der Waals surface area contributed by atoms with Crippen LogP contribution in [0.3, 0.4) is 0 Å². The highest BCUT2D eigenvalue weighted by Gasteiger charge is 2.34. The zero-order valence-electron chi connectivity index (χ0n) is 11.4. The van der Waals surface area contributed by atoms with Crippen LogP contribution in [0.25, 0.3) is 0 Å². The van der Waals surface area contributed by atoms with Gasteiger partial charge in [-0.1, -0.05) is 6.92 Å². The molecule has 110 valence electrons. The number of carboxylic acid groups (broad SMARTS) is 1. The number of nitro groups is 1. The van der Waals surface area contributed by atoms with E-state index in [0.717, 1.165) is 17.1 Å². The van der Waals surface area contributed by atoms with Gasteiger partial charge in [0.15, 0.2) is 0 Å². The minimum Gasteiger partial charge on any atom is -0.480 e. The third kappa shape index (κ3) is 3.11. The van der Waals surface area contributed by atoms with Gasteiger partial charge in [-0.2, -0.15) is 5.10 Å². The predicted octanol–water partition coefficient (Wildman–Crippen LogP) is 0.506. The molecular weight excluding hydrogens is 268 g/mol. The lowest BCUT2D eigenvalue weighted by Gasteiger charge is -2.25. The number of aliphatic carboxylic acids is 1. The van der Waals surface area contributed by atoms with Crippen LogP contribution in [-0.2, 0) is 15.1 Å². The Hall–Kier alpha value is -2.45. The molecule has 1 unspecified atom stereocenters. The van der Waals surface area contributed by atoms with Crippen molar-refractivity contribution in [2.45, 2.75) is 38.8 Å². The zero-order valence-corrected chi connectivity index (χ0v) is 11.4. The molecule has 0 bridgehead atoms. The van der Waals surface area contributed by atoms with Crippen molar-refractivity contribution in [3.8, 4) is 0 Å². The maximum Gasteiger partial charge on any atom is 0.326 e. The minimum absolute atomic E-state index is 0.233. The molecular formula is C11H16N4O5. The number of aromatic nitrogens is 2. The van der Waals surface area contributed by atoms with Crippen molar-refractivity contribution in [2.75, 3.05) is 0 Å². The van der Waals surface area contributed by atoms with Crippen LogP contribution in [0.4, 0.5) is 5.69 Å². The lowest BCUT2D eigenvalue weighted by molar-refractivity contribution is -0.385. The molecule has 1 amide bonds. The summed E-state index contributed by atoms with van der Waals surface area (Å²) in [6.45, 7) is 4.62. The molecule has 1 rings (SSSR count). The van der Waals surface area contributed by atoms with E-state index in [-0.39, 0.29) is 12.1 Å². The first kappa shape index (κ1) is 15.6. The van der Waals surface area contributed by atoms with Gasteiger partial charge in [-0.15, -0.1) is 0 Å². The summed E-state index contributed by atoms with van der Waals surface area (Å²) >= 11 is 0. The number of carboxylic acids is 1. The minimum atomic E-state index is -1.24. The average Bonchev–Trinajstić information content (AvgIpc) is 2.85. The summed E-state index contributed by atoms with van der Waals surface area (Å²) < 4.78 is 1.13. The average molecular weight is 284 g/mol. The summed E-state index contributed by atoms with van der Waals surface area (Å²) in [5.74, 6) is -1.71. The normalized spacial score (nSPS) is 12.8. The summed E-state index contributed by atoms with van der Waals surface area (Å²) in [5.41, 5.74) is -1.48. The van der Waals surface area contributed by atoms with Crippen LogP contribution in [0.15, 0.2) is 12.4 Å². The Morgan fingerprint density at radius 2 is 2.20 bits per heavy atom. The van der Waals surface area contributed by atoms with E-state index in [1.165, 1.54) is 13.8 Å². The van der Waals surface area contributed by atoms with Gasteiger partial charge < -0.3 is 10.4 Å². The third-order valence-electron chi connectivity index (χ3n) is 2.92. The van der Waals surface area contributed by atoms with Crippen molar-refractivity contribution >= 4 is 17.6 Å². The fraction of sp³-hybridized carbons (Fsp3) is 0.545. The molecule has 0 saturated heterocycles. The van der Waals surface area contributed by atoms with Gasteiger partial charge >= 0.3 is 11.7 Å². The molecule has 1 atom stereocenters. The van der Waals surface area contributed by atoms with E-state index in [4.69, 9.17) is 5.11 Å². The number of amides is 1. The first-order valence-corrected chi connectivity index (χ1v) is 5.93.